The van der Waals surface area contributed by atoms with Gasteiger partial charge in [-0.2, -0.15) is 0 Å². The first-order valence-corrected chi connectivity index (χ1v) is 10.6. The Morgan fingerprint density at radius 2 is 1.88 bits per heavy atom. The fourth-order valence-corrected chi connectivity index (χ4v) is 5.79. The minimum atomic E-state index is -0.395. The lowest BCUT2D eigenvalue weighted by molar-refractivity contribution is 0.0784. The molecule has 1 aliphatic heterocycles. The van der Waals surface area contributed by atoms with Crippen LogP contribution in [0, 0.1) is 5.82 Å². The van der Waals surface area contributed by atoms with Crippen LogP contribution in [0.15, 0.2) is 42.5 Å². The summed E-state index contributed by atoms with van der Waals surface area (Å²) in [5.74, 6) is 1.83. The normalized spacial score (nSPS) is 15.2. The van der Waals surface area contributed by atoms with E-state index in [-0.39, 0.29) is 12.5 Å². The van der Waals surface area contributed by atoms with E-state index in [2.05, 4.69) is 0 Å². The van der Waals surface area contributed by atoms with E-state index in [1.165, 1.54) is 34.5 Å². The van der Waals surface area contributed by atoms with Crippen molar-refractivity contribution < 1.29 is 9.18 Å². The second-order valence-electron chi connectivity index (χ2n) is 5.91. The van der Waals surface area contributed by atoms with Gasteiger partial charge >= 0.3 is 0 Å². The molecular weight excluding hydrogens is 377 g/mol. The number of hydrogen-bond acceptors (Lipinski definition) is 3. The van der Waals surface area contributed by atoms with Crippen LogP contribution < -0.4 is 0 Å². The summed E-state index contributed by atoms with van der Waals surface area (Å²) >= 11 is 9.95. The molecule has 2 aromatic carbocycles. The number of thioether (sulfide) groups is 2. The van der Waals surface area contributed by atoms with Gasteiger partial charge in [-0.25, -0.2) is 4.39 Å². The lowest BCUT2D eigenvalue weighted by atomic mass is 10.1. The van der Waals surface area contributed by atoms with Crippen LogP contribution in [-0.4, -0.2) is 29.4 Å². The van der Waals surface area contributed by atoms with Crippen molar-refractivity contribution in [1.29, 1.82) is 0 Å². The standard InChI is InChI=1S/C19H19ClFNOS2/c1-22(12-15-16(20)4-2-5-17(15)21)18(23)13-6-8-14(9-7-13)19-24-10-3-11-25-19/h2,4-9,19H,3,10-12H2,1H3. The van der Waals surface area contributed by atoms with Crippen molar-refractivity contribution in [2.75, 3.05) is 18.6 Å². The average Bonchev–Trinajstić information content (AvgIpc) is 2.65. The van der Waals surface area contributed by atoms with Gasteiger partial charge in [-0.1, -0.05) is 29.8 Å². The highest BCUT2D eigenvalue weighted by molar-refractivity contribution is 8.16. The number of carbonyl (C=O) groups excluding carboxylic acids is 1. The van der Waals surface area contributed by atoms with Gasteiger partial charge in [0.2, 0.25) is 0 Å². The Labute approximate surface area is 161 Å². The SMILES string of the molecule is CN(Cc1c(F)cccc1Cl)C(=O)c1ccc(C2SCCCS2)cc1. The number of nitrogens with zero attached hydrogens (tertiary/aromatic N) is 1. The number of amides is 1. The van der Waals surface area contributed by atoms with Gasteiger partial charge in [0.1, 0.15) is 5.82 Å². The molecular formula is C19H19ClFNOS2. The third-order valence-corrected chi connectivity index (χ3v) is 7.43. The van der Waals surface area contributed by atoms with Crippen molar-refractivity contribution >= 4 is 41.0 Å². The molecule has 0 aromatic heterocycles. The Hall–Kier alpha value is -1.17. The smallest absolute Gasteiger partial charge is 0.253 e. The van der Waals surface area contributed by atoms with E-state index >= 15 is 0 Å². The van der Waals surface area contributed by atoms with E-state index in [9.17, 15) is 9.18 Å². The Bertz CT molecular complexity index is 727. The van der Waals surface area contributed by atoms with Gasteiger partial charge in [0, 0.05) is 29.7 Å². The van der Waals surface area contributed by atoms with Crippen molar-refractivity contribution in [2.24, 2.45) is 0 Å². The van der Waals surface area contributed by atoms with Crippen molar-refractivity contribution in [3.63, 3.8) is 0 Å². The van der Waals surface area contributed by atoms with Crippen molar-refractivity contribution in [2.45, 2.75) is 17.5 Å². The van der Waals surface area contributed by atoms with Gasteiger partial charge in [-0.3, -0.25) is 4.79 Å². The predicted octanol–water partition coefficient (Wildman–Crippen LogP) is 5.62. The molecule has 1 aliphatic rings. The highest BCUT2D eigenvalue weighted by Crippen LogP contribution is 2.43. The topological polar surface area (TPSA) is 20.3 Å². The number of carbonyl (C=O) groups is 1. The molecule has 3 rings (SSSR count). The molecule has 25 heavy (non-hydrogen) atoms. The molecule has 2 nitrogen and oxygen atoms in total. The van der Waals surface area contributed by atoms with Gasteiger partial charge in [0.05, 0.1) is 4.58 Å². The second-order valence-corrected chi connectivity index (χ2v) is 9.04. The van der Waals surface area contributed by atoms with Crippen molar-refractivity contribution in [1.82, 2.24) is 4.90 Å². The van der Waals surface area contributed by atoms with E-state index in [4.69, 9.17) is 11.6 Å². The first-order chi connectivity index (χ1) is 12.1. The fourth-order valence-electron chi connectivity index (χ4n) is 2.68. The maximum Gasteiger partial charge on any atom is 0.253 e. The van der Waals surface area contributed by atoms with Crippen LogP contribution in [0.1, 0.15) is 32.5 Å². The maximum atomic E-state index is 13.9. The maximum absolute atomic E-state index is 13.9. The van der Waals surface area contributed by atoms with Crippen LogP contribution in [-0.2, 0) is 6.54 Å². The van der Waals surface area contributed by atoms with Gasteiger partial charge in [-0.15, -0.1) is 23.5 Å². The number of rotatable bonds is 4. The van der Waals surface area contributed by atoms with E-state index in [0.717, 1.165) is 0 Å². The molecule has 1 saturated heterocycles. The molecule has 0 bridgehead atoms. The van der Waals surface area contributed by atoms with Gasteiger partial charge < -0.3 is 4.90 Å². The molecule has 6 heteroatoms. The summed E-state index contributed by atoms with van der Waals surface area (Å²) in [4.78, 5) is 14.1. The predicted molar refractivity (Wildman–Crippen MR) is 106 cm³/mol. The average molecular weight is 396 g/mol. The molecule has 0 N–H and O–H groups in total. The number of benzene rings is 2. The molecule has 2 aromatic rings. The van der Waals surface area contributed by atoms with Crippen LogP contribution >= 0.6 is 35.1 Å². The molecule has 0 radical (unpaired) electrons. The molecule has 0 spiro atoms. The van der Waals surface area contributed by atoms with Crippen molar-refractivity contribution in [3.8, 4) is 0 Å². The number of halogens is 2. The summed E-state index contributed by atoms with van der Waals surface area (Å²) < 4.78 is 14.4. The Kier molecular flexibility index (Phi) is 6.31. The quantitative estimate of drug-likeness (QED) is 0.670. The first-order valence-electron chi connectivity index (χ1n) is 8.08. The lowest BCUT2D eigenvalue weighted by Gasteiger charge is -2.22. The van der Waals surface area contributed by atoms with E-state index < -0.39 is 5.82 Å². The molecule has 0 atom stereocenters. The van der Waals surface area contributed by atoms with Crippen LogP contribution in [0.4, 0.5) is 4.39 Å². The summed E-state index contributed by atoms with van der Waals surface area (Å²) in [6.07, 6.45) is 1.26. The minimum absolute atomic E-state index is 0.139. The largest absolute Gasteiger partial charge is 0.337 e. The second kappa shape index (κ2) is 8.47. The Morgan fingerprint density at radius 1 is 1.20 bits per heavy atom. The van der Waals surface area contributed by atoms with E-state index in [0.29, 0.717) is 20.7 Å². The zero-order chi connectivity index (χ0) is 17.8. The zero-order valence-electron chi connectivity index (χ0n) is 13.9. The molecule has 132 valence electrons. The van der Waals surface area contributed by atoms with Gasteiger partial charge in [0.25, 0.3) is 5.91 Å². The Balaban J connectivity index is 1.69. The van der Waals surface area contributed by atoms with E-state index in [1.54, 1.807) is 19.2 Å². The fraction of sp³-hybridized carbons (Fsp3) is 0.316. The first kappa shape index (κ1) is 18.6. The minimum Gasteiger partial charge on any atom is -0.337 e. The molecule has 1 heterocycles. The molecule has 0 aliphatic carbocycles. The van der Waals surface area contributed by atoms with Crippen LogP contribution in [0.3, 0.4) is 0 Å². The van der Waals surface area contributed by atoms with Gasteiger partial charge in [0.15, 0.2) is 0 Å². The zero-order valence-corrected chi connectivity index (χ0v) is 16.3. The summed E-state index contributed by atoms with van der Waals surface area (Å²) in [6, 6.07) is 12.3. The third-order valence-electron chi connectivity index (χ3n) is 4.06. The van der Waals surface area contributed by atoms with Crippen LogP contribution in [0.2, 0.25) is 5.02 Å². The monoisotopic (exact) mass is 395 g/mol. The van der Waals surface area contributed by atoms with E-state index in [1.807, 2.05) is 47.8 Å². The van der Waals surface area contributed by atoms with Crippen LogP contribution in [0.25, 0.3) is 0 Å². The molecule has 1 amide bonds. The molecule has 0 saturated carbocycles. The Morgan fingerprint density at radius 3 is 2.52 bits per heavy atom. The van der Waals surface area contributed by atoms with Crippen LogP contribution in [0.5, 0.6) is 0 Å². The molecule has 1 fully saturated rings. The summed E-state index contributed by atoms with van der Waals surface area (Å²) in [7, 11) is 1.66. The third kappa shape index (κ3) is 4.52. The lowest BCUT2D eigenvalue weighted by Crippen LogP contribution is -2.26. The highest BCUT2D eigenvalue weighted by Gasteiger charge is 2.19. The number of hydrogen-bond donors (Lipinski definition) is 0. The summed E-state index contributed by atoms with van der Waals surface area (Å²) in [5, 5.41) is 0.335. The highest BCUT2D eigenvalue weighted by atomic mass is 35.5. The van der Waals surface area contributed by atoms with Crippen molar-refractivity contribution in [3.05, 3.63) is 70.0 Å². The van der Waals surface area contributed by atoms with Gasteiger partial charge in [-0.05, 0) is 47.8 Å². The summed E-state index contributed by atoms with van der Waals surface area (Å²) in [5.41, 5.74) is 2.18. The molecule has 0 unspecified atom stereocenters. The summed E-state index contributed by atoms with van der Waals surface area (Å²) in [6.45, 7) is 0.139.